The molecule has 0 fully saturated rings. The number of benzene rings is 9. The smallest absolute Gasteiger partial charge is 0.0787 e. The second kappa shape index (κ2) is 11.9. The Morgan fingerprint density at radius 3 is 1.81 bits per heavy atom. The zero-order chi connectivity index (χ0) is 37.9. The van der Waals surface area contributed by atoms with Crippen LogP contribution in [0, 0.1) is 0 Å². The van der Waals surface area contributed by atoms with E-state index in [1.54, 1.807) is 0 Å². The maximum Gasteiger partial charge on any atom is 0.0787 e. The van der Waals surface area contributed by atoms with E-state index in [1.807, 2.05) is 6.20 Å². The molecule has 0 unspecified atom stereocenters. The van der Waals surface area contributed by atoms with E-state index in [9.17, 15) is 0 Å². The molecule has 9 aromatic carbocycles. The Balaban J connectivity index is 0.952. The second-order valence-corrected chi connectivity index (χ2v) is 15.6. The minimum absolute atomic E-state index is 1.02. The molecule has 3 heterocycles. The predicted octanol–water partition coefficient (Wildman–Crippen LogP) is 14.6. The summed E-state index contributed by atoms with van der Waals surface area (Å²) in [4.78, 5) is 5.13. The van der Waals surface area contributed by atoms with E-state index < -0.39 is 0 Å². The van der Waals surface area contributed by atoms with Crippen molar-refractivity contribution in [2.24, 2.45) is 0 Å². The first-order chi connectivity index (χ1) is 28.8. The van der Waals surface area contributed by atoms with Gasteiger partial charge in [-0.2, -0.15) is 0 Å². The maximum atomic E-state index is 5.13. The van der Waals surface area contributed by atoms with E-state index in [1.165, 1.54) is 104 Å². The van der Waals surface area contributed by atoms with Gasteiger partial charge in [-0.15, -0.1) is 0 Å². The molecular weight excluding hydrogens is 703 g/mol. The minimum Gasteiger partial charge on any atom is -0.309 e. The first-order valence-electron chi connectivity index (χ1n) is 20.0. The zero-order valence-electron chi connectivity index (χ0n) is 31.4. The lowest BCUT2D eigenvalue weighted by Crippen LogP contribution is -1.95. The Morgan fingerprint density at radius 2 is 0.966 bits per heavy atom. The summed E-state index contributed by atoms with van der Waals surface area (Å²) < 4.78 is 4.80. The molecule has 3 heteroatoms. The molecule has 3 aromatic heterocycles. The lowest BCUT2D eigenvalue weighted by molar-refractivity contribution is 1.18. The third kappa shape index (κ3) is 4.41. The van der Waals surface area contributed by atoms with Gasteiger partial charge < -0.3 is 9.13 Å². The van der Waals surface area contributed by atoms with Gasteiger partial charge in [0.05, 0.1) is 27.8 Å². The van der Waals surface area contributed by atoms with Gasteiger partial charge in [-0.1, -0.05) is 127 Å². The Labute approximate surface area is 334 Å². The molecule has 0 aliphatic heterocycles. The first-order valence-corrected chi connectivity index (χ1v) is 20.0. The summed E-state index contributed by atoms with van der Waals surface area (Å²) in [5.41, 5.74) is 16.7. The van der Waals surface area contributed by atoms with E-state index in [0.717, 1.165) is 16.9 Å². The number of hydrogen-bond donors (Lipinski definition) is 0. The van der Waals surface area contributed by atoms with Gasteiger partial charge in [0.2, 0.25) is 0 Å². The molecule has 0 saturated carbocycles. The third-order valence-electron chi connectivity index (χ3n) is 12.4. The number of nitrogens with zero attached hydrogens (tertiary/aromatic N) is 3. The van der Waals surface area contributed by atoms with Crippen molar-refractivity contribution in [2.45, 2.75) is 0 Å². The Bertz CT molecular complexity index is 3680. The summed E-state index contributed by atoms with van der Waals surface area (Å²) in [6, 6.07) is 71.1. The fraction of sp³-hybridized carbons (Fsp3) is 0. The maximum absolute atomic E-state index is 5.13. The van der Waals surface area contributed by atoms with E-state index in [-0.39, 0.29) is 0 Å². The summed E-state index contributed by atoms with van der Waals surface area (Å²) in [6.45, 7) is 0. The van der Waals surface area contributed by atoms with Gasteiger partial charge in [0, 0.05) is 61.0 Å². The van der Waals surface area contributed by atoms with Gasteiger partial charge in [-0.3, -0.25) is 4.98 Å². The van der Waals surface area contributed by atoms with Crippen molar-refractivity contribution in [3.8, 4) is 56.0 Å². The van der Waals surface area contributed by atoms with Crippen LogP contribution in [-0.4, -0.2) is 14.1 Å². The van der Waals surface area contributed by atoms with Crippen molar-refractivity contribution in [3.63, 3.8) is 0 Å². The van der Waals surface area contributed by atoms with Crippen LogP contribution >= 0.6 is 0 Å². The second-order valence-electron chi connectivity index (χ2n) is 15.6. The van der Waals surface area contributed by atoms with Crippen LogP contribution in [0.5, 0.6) is 0 Å². The summed E-state index contributed by atoms with van der Waals surface area (Å²) in [7, 11) is 0. The van der Waals surface area contributed by atoms with Crippen LogP contribution < -0.4 is 0 Å². The molecule has 0 spiro atoms. The number of aromatic nitrogens is 3. The molecule has 0 N–H and O–H groups in total. The molecule has 58 heavy (non-hydrogen) atoms. The van der Waals surface area contributed by atoms with Gasteiger partial charge in [0.25, 0.3) is 0 Å². The topological polar surface area (TPSA) is 22.8 Å². The number of pyridine rings is 1. The molecule has 0 radical (unpaired) electrons. The van der Waals surface area contributed by atoms with Gasteiger partial charge in [0.15, 0.2) is 0 Å². The van der Waals surface area contributed by atoms with Crippen LogP contribution in [0.25, 0.3) is 121 Å². The quantitative estimate of drug-likeness (QED) is 0.176. The standard InChI is InChI=1S/C55H33N3/c1-2-14-40(15-3-1)57-49-22-8-7-19-44(49)48-31-39-28-34(24-25-36(39)32-52(48)57)35-26-27-51-47(30-35)43-18-6-9-23-50(43)58(51)41-16-10-12-37(29-41)55-54-46-20-5-4-17-42(46)45-21-11-13-38(33-56-55)53(45)54/h1-33H. The Morgan fingerprint density at radius 1 is 0.328 bits per heavy atom. The fourth-order valence-electron chi connectivity index (χ4n) is 9.89. The predicted molar refractivity (Wildman–Crippen MR) is 243 cm³/mol. The summed E-state index contributed by atoms with van der Waals surface area (Å²) >= 11 is 0. The lowest BCUT2D eigenvalue weighted by Gasteiger charge is -2.13. The van der Waals surface area contributed by atoms with E-state index >= 15 is 0 Å². The van der Waals surface area contributed by atoms with Crippen LogP contribution in [-0.2, 0) is 0 Å². The van der Waals surface area contributed by atoms with Crippen LogP contribution in [0.15, 0.2) is 200 Å². The van der Waals surface area contributed by atoms with Gasteiger partial charge in [0.1, 0.15) is 0 Å². The average Bonchev–Trinajstić information content (AvgIpc) is 3.92. The molecular formula is C55H33N3. The SMILES string of the molecule is c1ccc(-n2c3ccccc3c3cc4cc(-c5ccc6c(c5)c5ccccc5n6-c5cccc(-c6ncc7cccc8c7c6-c6ccccc6-8)c5)ccc4cc32)cc1. The summed E-state index contributed by atoms with van der Waals surface area (Å²) in [5, 5.41) is 9.94. The molecule has 0 saturated heterocycles. The minimum atomic E-state index is 1.02. The van der Waals surface area contributed by atoms with E-state index in [0.29, 0.717) is 0 Å². The van der Waals surface area contributed by atoms with E-state index in [4.69, 9.17) is 4.98 Å². The van der Waals surface area contributed by atoms with Crippen LogP contribution in [0.3, 0.4) is 0 Å². The molecule has 12 aromatic rings. The number of fused-ring (bicyclic) bond motifs is 10. The molecule has 268 valence electrons. The number of hydrogen-bond acceptors (Lipinski definition) is 1. The molecule has 1 aliphatic rings. The highest BCUT2D eigenvalue weighted by Crippen LogP contribution is 2.50. The van der Waals surface area contributed by atoms with Crippen molar-refractivity contribution >= 4 is 65.2 Å². The van der Waals surface area contributed by atoms with Crippen molar-refractivity contribution < 1.29 is 0 Å². The molecule has 3 nitrogen and oxygen atoms in total. The fourth-order valence-corrected chi connectivity index (χ4v) is 9.89. The first kappa shape index (κ1) is 31.5. The highest BCUT2D eigenvalue weighted by atomic mass is 15.0. The summed E-state index contributed by atoms with van der Waals surface area (Å²) in [6.07, 6.45) is 2.04. The average molecular weight is 736 g/mol. The third-order valence-corrected chi connectivity index (χ3v) is 12.4. The van der Waals surface area contributed by atoms with Crippen LogP contribution in [0.2, 0.25) is 0 Å². The largest absolute Gasteiger partial charge is 0.309 e. The van der Waals surface area contributed by atoms with Crippen molar-refractivity contribution in [2.75, 3.05) is 0 Å². The highest BCUT2D eigenvalue weighted by Gasteiger charge is 2.25. The number of para-hydroxylation sites is 3. The van der Waals surface area contributed by atoms with Gasteiger partial charge >= 0.3 is 0 Å². The number of rotatable bonds is 4. The molecule has 0 amide bonds. The Kier molecular flexibility index (Phi) is 6.44. The monoisotopic (exact) mass is 735 g/mol. The van der Waals surface area contributed by atoms with Crippen LogP contribution in [0.1, 0.15) is 0 Å². The summed E-state index contributed by atoms with van der Waals surface area (Å²) in [5.74, 6) is 0. The molecule has 1 aliphatic carbocycles. The molecule has 0 bridgehead atoms. The van der Waals surface area contributed by atoms with Crippen LogP contribution in [0.4, 0.5) is 0 Å². The Hall–Kier alpha value is -7.75. The normalized spacial score (nSPS) is 12.1. The highest BCUT2D eigenvalue weighted by molar-refractivity contribution is 6.19. The molecule has 13 rings (SSSR count). The van der Waals surface area contributed by atoms with Gasteiger partial charge in [-0.05, 0) is 105 Å². The zero-order valence-corrected chi connectivity index (χ0v) is 31.4. The molecule has 0 atom stereocenters. The van der Waals surface area contributed by atoms with E-state index in [2.05, 4.69) is 203 Å². The van der Waals surface area contributed by atoms with Crippen molar-refractivity contribution in [1.29, 1.82) is 0 Å². The van der Waals surface area contributed by atoms with Crippen molar-refractivity contribution in [3.05, 3.63) is 200 Å². The lowest BCUT2D eigenvalue weighted by atomic mass is 9.98. The van der Waals surface area contributed by atoms with Gasteiger partial charge in [-0.25, -0.2) is 0 Å². The van der Waals surface area contributed by atoms with Crippen molar-refractivity contribution in [1.82, 2.24) is 14.1 Å².